The predicted octanol–water partition coefficient (Wildman–Crippen LogP) is 4.63. The minimum Gasteiger partial charge on any atom is -0.462 e. The largest absolute Gasteiger partial charge is 0.462 e. The number of H-pyrrole nitrogens is 1. The van der Waals surface area contributed by atoms with Gasteiger partial charge in [0, 0.05) is 67.8 Å². The maximum Gasteiger partial charge on any atom is 0.343 e. The Morgan fingerprint density at radius 2 is 2.00 bits per heavy atom. The van der Waals surface area contributed by atoms with Gasteiger partial charge in [-0.25, -0.2) is 18.6 Å². The number of likely N-dealkylation sites (tertiary alicyclic amines) is 1. The number of nitrogens with one attached hydrogen (secondary N) is 2. The first-order valence-electron chi connectivity index (χ1n) is 14.1. The fourth-order valence-corrected chi connectivity index (χ4v) is 6.82. The second kappa shape index (κ2) is 9.80. The molecule has 1 unspecified atom stereocenters. The van der Waals surface area contributed by atoms with Gasteiger partial charge in [-0.2, -0.15) is 0 Å². The summed E-state index contributed by atoms with van der Waals surface area (Å²) in [4.78, 5) is 38.3. The topological polar surface area (TPSA) is 95.0 Å². The number of aromatic nitrogens is 3. The molecule has 0 bridgehead atoms. The number of carbonyl (C=O) groups is 1. The van der Waals surface area contributed by atoms with E-state index in [4.69, 9.17) is 4.74 Å². The van der Waals surface area contributed by atoms with Crippen molar-refractivity contribution in [2.45, 2.75) is 19.4 Å². The summed E-state index contributed by atoms with van der Waals surface area (Å²) < 4.78 is 37.1. The number of pyridine rings is 3. The van der Waals surface area contributed by atoms with Crippen molar-refractivity contribution < 1.29 is 18.3 Å². The van der Waals surface area contributed by atoms with Crippen molar-refractivity contribution in [1.29, 1.82) is 0 Å². The number of hydrogen-bond acceptors (Lipinski definition) is 7. The summed E-state index contributed by atoms with van der Waals surface area (Å²) in [6.45, 7) is 4.39. The highest BCUT2D eigenvalue weighted by Crippen LogP contribution is 2.46. The van der Waals surface area contributed by atoms with Crippen molar-refractivity contribution in [2.75, 3.05) is 50.6 Å². The molecule has 6 heterocycles. The van der Waals surface area contributed by atoms with E-state index in [1.807, 2.05) is 6.07 Å². The first-order chi connectivity index (χ1) is 20.3. The lowest BCUT2D eigenvalue weighted by Crippen LogP contribution is -2.35. The molecule has 5 aromatic rings. The lowest BCUT2D eigenvalue weighted by atomic mass is 10.00. The zero-order valence-electron chi connectivity index (χ0n) is 23.5. The number of halogens is 2. The number of fused-ring (bicyclic) bond motifs is 5. The number of carbonyl (C=O) groups excluding carboxylic acids is 1. The molecule has 2 atom stereocenters. The number of nitrogens with zero attached hydrogens (tertiary/aromatic N) is 4. The minimum absolute atomic E-state index is 0.0644. The molecular weight excluding hydrogens is 542 g/mol. The van der Waals surface area contributed by atoms with Crippen LogP contribution in [0, 0.1) is 17.6 Å². The quantitative estimate of drug-likeness (QED) is 0.297. The van der Waals surface area contributed by atoms with Crippen LogP contribution in [0.15, 0.2) is 47.5 Å². The molecule has 42 heavy (non-hydrogen) atoms. The average molecular weight is 573 g/mol. The second-order valence-corrected chi connectivity index (χ2v) is 11.1. The summed E-state index contributed by atoms with van der Waals surface area (Å²) in [5.41, 5.74) is 3.43. The summed E-state index contributed by atoms with van der Waals surface area (Å²) >= 11 is 0. The molecule has 0 saturated carbocycles. The van der Waals surface area contributed by atoms with E-state index in [1.54, 1.807) is 38.5 Å². The Morgan fingerprint density at radius 1 is 1.19 bits per heavy atom. The summed E-state index contributed by atoms with van der Waals surface area (Å²) in [7, 11) is 3.75. The van der Waals surface area contributed by atoms with Gasteiger partial charge >= 0.3 is 5.97 Å². The number of ether oxygens (including phenoxy) is 1. The van der Waals surface area contributed by atoms with Crippen molar-refractivity contribution in [3.05, 3.63) is 70.3 Å². The molecule has 9 nitrogen and oxygen atoms in total. The van der Waals surface area contributed by atoms with Gasteiger partial charge < -0.3 is 24.8 Å². The van der Waals surface area contributed by atoms with Gasteiger partial charge in [0.25, 0.3) is 5.56 Å². The average Bonchev–Trinajstić information content (AvgIpc) is 3.67. The van der Waals surface area contributed by atoms with E-state index in [2.05, 4.69) is 32.1 Å². The molecule has 1 aromatic carbocycles. The SMILES string of the molecule is CCOC(=O)c1ccc2ccc(-c3cnc4[nH]c5c(NC)cc(F)c(F)c5c4c3N3CC[C@H]4CN(C)CC43)cn2c1=O. The first-order valence-corrected chi connectivity index (χ1v) is 14.1. The molecule has 2 aliphatic rings. The van der Waals surface area contributed by atoms with E-state index >= 15 is 4.39 Å². The van der Waals surface area contributed by atoms with E-state index in [1.165, 1.54) is 10.5 Å². The normalized spacial score (nSPS) is 18.8. The van der Waals surface area contributed by atoms with Gasteiger partial charge in [0.15, 0.2) is 11.6 Å². The van der Waals surface area contributed by atoms with Crippen molar-refractivity contribution in [2.24, 2.45) is 5.92 Å². The van der Waals surface area contributed by atoms with E-state index in [0.29, 0.717) is 44.8 Å². The Labute approximate surface area is 239 Å². The number of hydrogen-bond donors (Lipinski definition) is 2. The van der Waals surface area contributed by atoms with Gasteiger partial charge in [0.05, 0.1) is 34.3 Å². The first kappa shape index (κ1) is 26.4. The van der Waals surface area contributed by atoms with Crippen LogP contribution < -0.4 is 15.8 Å². The van der Waals surface area contributed by atoms with Crippen LogP contribution in [0.2, 0.25) is 0 Å². The molecule has 0 amide bonds. The van der Waals surface area contributed by atoms with Crippen molar-refractivity contribution in [1.82, 2.24) is 19.3 Å². The molecule has 11 heteroatoms. The third-order valence-corrected chi connectivity index (χ3v) is 8.71. The fourth-order valence-electron chi connectivity index (χ4n) is 6.82. The molecule has 4 aromatic heterocycles. The summed E-state index contributed by atoms with van der Waals surface area (Å²) in [6, 6.07) is 8.16. The second-order valence-electron chi connectivity index (χ2n) is 11.1. The molecule has 2 fully saturated rings. The van der Waals surface area contributed by atoms with Crippen LogP contribution in [-0.2, 0) is 4.74 Å². The smallest absolute Gasteiger partial charge is 0.343 e. The predicted molar refractivity (Wildman–Crippen MR) is 158 cm³/mol. The maximum atomic E-state index is 15.7. The highest BCUT2D eigenvalue weighted by molar-refractivity contribution is 6.18. The molecule has 2 saturated heterocycles. The molecule has 216 valence electrons. The van der Waals surface area contributed by atoms with Gasteiger partial charge in [-0.15, -0.1) is 0 Å². The number of esters is 1. The third-order valence-electron chi connectivity index (χ3n) is 8.71. The van der Waals surface area contributed by atoms with Crippen LogP contribution in [0.3, 0.4) is 0 Å². The van der Waals surface area contributed by atoms with E-state index in [-0.39, 0.29) is 23.6 Å². The summed E-state index contributed by atoms with van der Waals surface area (Å²) in [5, 5.41) is 3.60. The van der Waals surface area contributed by atoms with Gasteiger partial charge in [-0.1, -0.05) is 6.07 Å². The Hall–Kier alpha value is -4.51. The standard InChI is InChI=1S/C31H30F2N6O3/c1-4-42-31(41)19-8-7-18-6-5-16(14-39(18)30(19)40)20-12-35-29-25(24-26(33)21(32)11-22(34-2)27(24)36-29)28(20)38-10-9-17-13-37(3)15-23(17)38/h5-8,11-12,14,17,23,34H,4,9-10,13,15H2,1-3H3,(H,35,36)/t17-,23?/m0/s1. The molecule has 2 aliphatic heterocycles. The van der Waals surface area contributed by atoms with Gasteiger partial charge in [0.1, 0.15) is 11.2 Å². The van der Waals surface area contributed by atoms with Gasteiger partial charge in [-0.3, -0.25) is 9.20 Å². The Morgan fingerprint density at radius 3 is 2.79 bits per heavy atom. The molecule has 7 rings (SSSR count). The lowest BCUT2D eigenvalue weighted by Gasteiger charge is -2.29. The van der Waals surface area contributed by atoms with Crippen molar-refractivity contribution in [3.63, 3.8) is 0 Å². The molecule has 0 aliphatic carbocycles. The maximum absolute atomic E-state index is 15.7. The fraction of sp³-hybridized carbons (Fsp3) is 0.323. The van der Waals surface area contributed by atoms with Crippen LogP contribution in [0.5, 0.6) is 0 Å². The number of rotatable bonds is 5. The Balaban J connectivity index is 1.53. The number of anilines is 2. The number of likely N-dealkylation sites (N-methyl/N-ethyl adjacent to an activating group) is 1. The zero-order valence-corrected chi connectivity index (χ0v) is 23.5. The Kier molecular flexibility index (Phi) is 6.16. The third kappa shape index (κ3) is 3.87. The zero-order chi connectivity index (χ0) is 29.3. The molecule has 2 N–H and O–H groups in total. The van der Waals surface area contributed by atoms with Crippen LogP contribution in [0.1, 0.15) is 23.7 Å². The number of benzene rings is 1. The van der Waals surface area contributed by atoms with Gasteiger partial charge in [-0.05, 0) is 44.5 Å². The van der Waals surface area contributed by atoms with Crippen LogP contribution >= 0.6 is 0 Å². The van der Waals surface area contributed by atoms with E-state index in [9.17, 15) is 14.0 Å². The molecular formula is C31H30F2N6O3. The van der Waals surface area contributed by atoms with Crippen molar-refractivity contribution >= 4 is 44.8 Å². The summed E-state index contributed by atoms with van der Waals surface area (Å²) in [5.74, 6) is -2.13. The minimum atomic E-state index is -0.951. The Bertz CT molecular complexity index is 1970. The highest BCUT2D eigenvalue weighted by Gasteiger charge is 2.42. The molecule has 0 spiro atoms. The van der Waals surface area contributed by atoms with Crippen LogP contribution in [0.25, 0.3) is 38.6 Å². The van der Waals surface area contributed by atoms with E-state index in [0.717, 1.165) is 37.8 Å². The van der Waals surface area contributed by atoms with E-state index < -0.39 is 23.2 Å². The van der Waals surface area contributed by atoms with Crippen LogP contribution in [-0.4, -0.2) is 71.6 Å². The van der Waals surface area contributed by atoms with Crippen molar-refractivity contribution in [3.8, 4) is 11.1 Å². The van der Waals surface area contributed by atoms with Gasteiger partial charge in [0.2, 0.25) is 0 Å². The number of aromatic amines is 1. The molecule has 0 radical (unpaired) electrons. The summed E-state index contributed by atoms with van der Waals surface area (Å²) in [6.07, 6.45) is 4.36. The monoisotopic (exact) mass is 572 g/mol. The van der Waals surface area contributed by atoms with Crippen LogP contribution in [0.4, 0.5) is 20.2 Å². The highest BCUT2D eigenvalue weighted by atomic mass is 19.2. The lowest BCUT2D eigenvalue weighted by molar-refractivity contribution is 0.0524.